The van der Waals surface area contributed by atoms with E-state index >= 15 is 0 Å². The summed E-state index contributed by atoms with van der Waals surface area (Å²) < 4.78 is 0. The van der Waals surface area contributed by atoms with E-state index in [1.807, 2.05) is 18.2 Å². The first-order valence-electron chi connectivity index (χ1n) is 8.22. The van der Waals surface area contributed by atoms with Gasteiger partial charge in [-0.3, -0.25) is 0 Å². The Morgan fingerprint density at radius 2 is 1.15 bits per heavy atom. The monoisotopic (exact) mass is 358 g/mol. The molecule has 0 aliphatic rings. The van der Waals surface area contributed by atoms with Crippen LogP contribution in [0.25, 0.3) is 32.7 Å². The average molecular weight is 358 g/mol. The van der Waals surface area contributed by atoms with E-state index in [0.29, 0.717) is 16.2 Å². The Hall–Kier alpha value is -3.86. The first kappa shape index (κ1) is 16.6. The van der Waals surface area contributed by atoms with Crippen LogP contribution in [-0.2, 0) is 0 Å². The van der Waals surface area contributed by atoms with Gasteiger partial charge in [0.15, 0.2) is 0 Å². The minimum atomic E-state index is -1.21. The van der Waals surface area contributed by atoms with E-state index in [0.717, 1.165) is 16.5 Å². The maximum Gasteiger partial charge on any atom is 0.340 e. The van der Waals surface area contributed by atoms with Gasteiger partial charge in [0.2, 0.25) is 0 Å². The highest BCUT2D eigenvalue weighted by molar-refractivity contribution is 6.14. The van der Waals surface area contributed by atoms with Crippen LogP contribution >= 0.6 is 0 Å². The molecule has 0 heterocycles. The molecule has 5 heteroatoms. The molecule has 0 aliphatic carbocycles. The van der Waals surface area contributed by atoms with Gasteiger partial charge in [-0.25, -0.2) is 9.59 Å². The predicted molar refractivity (Wildman–Crippen MR) is 102 cm³/mol. The summed E-state index contributed by atoms with van der Waals surface area (Å²) in [6.07, 6.45) is 0. The number of fused-ring (bicyclic) bond motifs is 2. The van der Waals surface area contributed by atoms with Gasteiger partial charge >= 0.3 is 11.9 Å². The van der Waals surface area contributed by atoms with Crippen molar-refractivity contribution in [2.45, 2.75) is 0 Å². The van der Waals surface area contributed by atoms with Gasteiger partial charge in [0.05, 0.1) is 5.56 Å². The first-order chi connectivity index (χ1) is 13.0. The molecule has 4 rings (SSSR count). The Kier molecular flexibility index (Phi) is 3.78. The van der Waals surface area contributed by atoms with E-state index in [-0.39, 0.29) is 16.9 Å². The molecule has 0 aliphatic heterocycles. The largest absolute Gasteiger partial charge is 0.507 e. The highest BCUT2D eigenvalue weighted by Crippen LogP contribution is 2.37. The standard InChI is InChI=1S/C22H14O5/c23-19-11-10-16-14(5-2-8-17(16)20(19)22(26)27)12-4-1-7-15-13(12)6-3-9-18(15)21(24)25/h1-11,23H,(H,24,25)(H,26,27). The summed E-state index contributed by atoms with van der Waals surface area (Å²) in [6.45, 7) is 0. The lowest BCUT2D eigenvalue weighted by atomic mass is 9.91. The maximum atomic E-state index is 11.6. The summed E-state index contributed by atoms with van der Waals surface area (Å²) >= 11 is 0. The topological polar surface area (TPSA) is 94.8 Å². The van der Waals surface area contributed by atoms with Crippen LogP contribution in [0.3, 0.4) is 0 Å². The Balaban J connectivity index is 2.10. The zero-order valence-electron chi connectivity index (χ0n) is 14.0. The SMILES string of the molecule is O=C(O)c1cccc2c(-c3cccc4c(C(=O)O)c(O)ccc34)cccc12. The van der Waals surface area contributed by atoms with Crippen molar-refractivity contribution in [2.75, 3.05) is 0 Å². The highest BCUT2D eigenvalue weighted by atomic mass is 16.4. The van der Waals surface area contributed by atoms with Crippen LogP contribution in [0.2, 0.25) is 0 Å². The van der Waals surface area contributed by atoms with Crippen molar-refractivity contribution in [3.63, 3.8) is 0 Å². The van der Waals surface area contributed by atoms with Crippen molar-refractivity contribution in [3.05, 3.63) is 77.9 Å². The number of rotatable bonds is 3. The number of hydrogen-bond acceptors (Lipinski definition) is 3. The second-order valence-electron chi connectivity index (χ2n) is 6.18. The van der Waals surface area contributed by atoms with Crippen molar-refractivity contribution in [1.82, 2.24) is 0 Å². The van der Waals surface area contributed by atoms with Crippen molar-refractivity contribution in [1.29, 1.82) is 0 Å². The number of phenols is 1. The van der Waals surface area contributed by atoms with E-state index < -0.39 is 11.9 Å². The molecule has 3 N–H and O–H groups in total. The fourth-order valence-corrected chi connectivity index (χ4v) is 3.54. The number of aromatic hydroxyl groups is 1. The van der Waals surface area contributed by atoms with E-state index in [1.165, 1.54) is 6.07 Å². The quantitative estimate of drug-likeness (QED) is 0.491. The van der Waals surface area contributed by atoms with Crippen molar-refractivity contribution in [2.24, 2.45) is 0 Å². The lowest BCUT2D eigenvalue weighted by Crippen LogP contribution is -1.99. The van der Waals surface area contributed by atoms with Gasteiger partial charge in [-0.05, 0) is 39.4 Å². The summed E-state index contributed by atoms with van der Waals surface area (Å²) in [6, 6.07) is 18.8. The molecule has 0 fully saturated rings. The Morgan fingerprint density at radius 3 is 1.78 bits per heavy atom. The molecule has 4 aromatic carbocycles. The Labute approximate surface area is 153 Å². The molecule has 0 saturated carbocycles. The van der Waals surface area contributed by atoms with Crippen LogP contribution in [0.1, 0.15) is 20.7 Å². The van der Waals surface area contributed by atoms with Gasteiger partial charge in [0.25, 0.3) is 0 Å². The van der Waals surface area contributed by atoms with E-state index in [4.69, 9.17) is 0 Å². The third kappa shape index (κ3) is 2.57. The predicted octanol–water partition coefficient (Wildman–Crippen LogP) is 4.76. The number of aromatic carboxylic acids is 2. The highest BCUT2D eigenvalue weighted by Gasteiger charge is 2.17. The number of benzene rings is 4. The van der Waals surface area contributed by atoms with Crippen LogP contribution in [0, 0.1) is 0 Å². The van der Waals surface area contributed by atoms with Crippen LogP contribution < -0.4 is 0 Å². The number of carbonyl (C=O) groups is 2. The minimum Gasteiger partial charge on any atom is -0.507 e. The summed E-state index contributed by atoms with van der Waals surface area (Å²) in [5, 5.41) is 31.3. The molecular weight excluding hydrogens is 344 g/mol. The van der Waals surface area contributed by atoms with Crippen molar-refractivity contribution < 1.29 is 24.9 Å². The van der Waals surface area contributed by atoms with E-state index in [2.05, 4.69) is 0 Å². The molecule has 0 aromatic heterocycles. The van der Waals surface area contributed by atoms with E-state index in [1.54, 1.807) is 42.5 Å². The second kappa shape index (κ2) is 6.14. The number of carboxylic acids is 2. The van der Waals surface area contributed by atoms with Crippen molar-refractivity contribution >= 4 is 33.5 Å². The summed E-state index contributed by atoms with van der Waals surface area (Å²) in [7, 11) is 0. The molecule has 27 heavy (non-hydrogen) atoms. The lowest BCUT2D eigenvalue weighted by Gasteiger charge is -2.13. The summed E-state index contributed by atoms with van der Waals surface area (Å²) in [5.74, 6) is -2.51. The van der Waals surface area contributed by atoms with E-state index in [9.17, 15) is 24.9 Å². The van der Waals surface area contributed by atoms with Gasteiger partial charge in [-0.1, -0.05) is 54.6 Å². The molecule has 132 valence electrons. The molecule has 0 atom stereocenters. The summed E-state index contributed by atoms with van der Waals surface area (Å²) in [4.78, 5) is 23.1. The van der Waals surface area contributed by atoms with Crippen LogP contribution in [0.4, 0.5) is 0 Å². The fourth-order valence-electron chi connectivity index (χ4n) is 3.54. The molecule has 0 radical (unpaired) electrons. The van der Waals surface area contributed by atoms with Crippen molar-refractivity contribution in [3.8, 4) is 16.9 Å². The number of hydrogen-bond donors (Lipinski definition) is 3. The molecular formula is C22H14O5. The molecule has 4 aromatic rings. The third-order valence-corrected chi connectivity index (χ3v) is 4.70. The molecule has 0 spiro atoms. The third-order valence-electron chi connectivity index (χ3n) is 4.70. The normalized spacial score (nSPS) is 11.0. The minimum absolute atomic E-state index is 0.152. The molecule has 5 nitrogen and oxygen atoms in total. The van der Waals surface area contributed by atoms with Gasteiger partial charge < -0.3 is 15.3 Å². The molecule has 0 saturated heterocycles. The van der Waals surface area contributed by atoms with Crippen LogP contribution in [0.5, 0.6) is 5.75 Å². The van der Waals surface area contributed by atoms with Gasteiger partial charge in [-0.2, -0.15) is 0 Å². The fraction of sp³-hybridized carbons (Fsp3) is 0. The molecule has 0 bridgehead atoms. The zero-order chi connectivity index (χ0) is 19.1. The Bertz CT molecular complexity index is 1240. The lowest BCUT2D eigenvalue weighted by molar-refractivity contribution is 0.0686. The smallest absolute Gasteiger partial charge is 0.340 e. The summed E-state index contributed by atoms with van der Waals surface area (Å²) in [5.41, 5.74) is 1.62. The van der Waals surface area contributed by atoms with Gasteiger partial charge in [0.1, 0.15) is 11.3 Å². The maximum absolute atomic E-state index is 11.6. The van der Waals surface area contributed by atoms with Gasteiger partial charge in [-0.15, -0.1) is 0 Å². The molecule has 0 amide bonds. The zero-order valence-corrected chi connectivity index (χ0v) is 14.0. The van der Waals surface area contributed by atoms with Crippen LogP contribution in [-0.4, -0.2) is 27.3 Å². The average Bonchev–Trinajstić information content (AvgIpc) is 2.65. The first-order valence-corrected chi connectivity index (χ1v) is 8.22. The van der Waals surface area contributed by atoms with Gasteiger partial charge in [0, 0.05) is 5.39 Å². The Morgan fingerprint density at radius 1 is 0.593 bits per heavy atom. The second-order valence-corrected chi connectivity index (χ2v) is 6.18. The van der Waals surface area contributed by atoms with Crippen LogP contribution in [0.15, 0.2) is 66.7 Å². The molecule has 0 unspecified atom stereocenters. The number of carboxylic acid groups (broad SMARTS) is 2.